The molecule has 0 amide bonds. The second-order valence-corrected chi connectivity index (χ2v) is 6.30. The zero-order valence-electron chi connectivity index (χ0n) is 13.1. The maximum atomic E-state index is 9.31. The summed E-state index contributed by atoms with van der Waals surface area (Å²) < 4.78 is 0. The molecule has 0 aromatic heterocycles. The second-order valence-electron chi connectivity index (χ2n) is 6.30. The van der Waals surface area contributed by atoms with Crippen molar-refractivity contribution in [3.63, 3.8) is 0 Å². The second kappa shape index (κ2) is 7.84. The van der Waals surface area contributed by atoms with Crippen LogP contribution in [0.5, 0.6) is 0 Å². The Morgan fingerprint density at radius 2 is 2.26 bits per heavy atom. The smallest absolute Gasteiger partial charge is 0.105 e. The van der Waals surface area contributed by atoms with Crippen molar-refractivity contribution in [3.05, 3.63) is 0 Å². The molecule has 1 heterocycles. The summed E-state index contributed by atoms with van der Waals surface area (Å²) in [4.78, 5) is 4.79. The van der Waals surface area contributed by atoms with Crippen LogP contribution in [0.25, 0.3) is 0 Å². The molecule has 1 rings (SSSR count). The number of hydrogen-bond acceptors (Lipinski definition) is 4. The van der Waals surface area contributed by atoms with Crippen LogP contribution >= 0.6 is 0 Å². The highest BCUT2D eigenvalue weighted by molar-refractivity contribution is 5.03. The Balaban J connectivity index is 2.28. The molecule has 0 aromatic carbocycles. The van der Waals surface area contributed by atoms with Gasteiger partial charge < -0.3 is 9.80 Å². The molecule has 1 aliphatic heterocycles. The van der Waals surface area contributed by atoms with Crippen molar-refractivity contribution < 1.29 is 0 Å². The highest BCUT2D eigenvalue weighted by Gasteiger charge is 2.24. The Morgan fingerprint density at radius 1 is 1.53 bits per heavy atom. The lowest BCUT2D eigenvalue weighted by Crippen LogP contribution is -2.44. The van der Waals surface area contributed by atoms with Crippen LogP contribution in [0.4, 0.5) is 0 Å². The van der Waals surface area contributed by atoms with E-state index in [-0.39, 0.29) is 5.54 Å². The summed E-state index contributed by atoms with van der Waals surface area (Å²) in [6, 6.07) is 2.42. The van der Waals surface area contributed by atoms with E-state index in [2.05, 4.69) is 42.2 Å². The fourth-order valence-electron chi connectivity index (χ4n) is 2.71. The van der Waals surface area contributed by atoms with Crippen molar-refractivity contribution in [3.8, 4) is 6.07 Å². The van der Waals surface area contributed by atoms with Crippen LogP contribution in [0.15, 0.2) is 0 Å². The molecule has 1 fully saturated rings. The molecule has 0 bridgehead atoms. The van der Waals surface area contributed by atoms with Gasteiger partial charge in [-0.05, 0) is 59.3 Å². The summed E-state index contributed by atoms with van der Waals surface area (Å²) in [6.07, 6.45) is 3.27. The molecule has 0 radical (unpaired) electrons. The average molecular weight is 266 g/mol. The molecule has 2 atom stereocenters. The molecule has 4 nitrogen and oxygen atoms in total. The SMILES string of the molecule is CCCNC(C)(C#N)CCN(C)CC1CCN(C)C1. The zero-order valence-corrected chi connectivity index (χ0v) is 13.1. The highest BCUT2D eigenvalue weighted by atomic mass is 15.1. The summed E-state index contributed by atoms with van der Waals surface area (Å²) in [6.45, 7) is 9.65. The largest absolute Gasteiger partial charge is 0.306 e. The maximum absolute atomic E-state index is 9.31. The minimum absolute atomic E-state index is 0.378. The van der Waals surface area contributed by atoms with E-state index in [0.29, 0.717) is 0 Å². The molecule has 2 unspecified atom stereocenters. The zero-order chi connectivity index (χ0) is 14.3. The Labute approximate surface area is 118 Å². The molecule has 110 valence electrons. The summed E-state index contributed by atoms with van der Waals surface area (Å²) in [7, 11) is 4.37. The molecule has 4 heteroatoms. The fraction of sp³-hybridized carbons (Fsp3) is 0.933. The first-order valence-corrected chi connectivity index (χ1v) is 7.52. The van der Waals surface area contributed by atoms with Gasteiger partial charge in [0.1, 0.15) is 5.54 Å². The van der Waals surface area contributed by atoms with Crippen molar-refractivity contribution in [1.29, 1.82) is 5.26 Å². The number of nitrogens with one attached hydrogen (secondary N) is 1. The Bertz CT molecular complexity index is 299. The monoisotopic (exact) mass is 266 g/mol. The van der Waals surface area contributed by atoms with Crippen LogP contribution in [-0.4, -0.2) is 62.2 Å². The van der Waals surface area contributed by atoms with Gasteiger partial charge in [-0.3, -0.25) is 5.32 Å². The first kappa shape index (κ1) is 16.4. The Kier molecular flexibility index (Phi) is 6.78. The number of nitriles is 1. The summed E-state index contributed by atoms with van der Waals surface area (Å²) in [5, 5.41) is 12.7. The van der Waals surface area contributed by atoms with Crippen LogP contribution in [0.2, 0.25) is 0 Å². The summed E-state index contributed by atoms with van der Waals surface area (Å²) >= 11 is 0. The van der Waals surface area contributed by atoms with Gasteiger partial charge in [-0.2, -0.15) is 5.26 Å². The molecule has 19 heavy (non-hydrogen) atoms. The quantitative estimate of drug-likeness (QED) is 0.724. The third kappa shape index (κ3) is 5.90. The number of rotatable bonds is 8. The van der Waals surface area contributed by atoms with Gasteiger partial charge in [-0.25, -0.2) is 0 Å². The molecule has 1 aliphatic rings. The lowest BCUT2D eigenvalue weighted by molar-refractivity contribution is 0.249. The van der Waals surface area contributed by atoms with Crippen LogP contribution in [0, 0.1) is 17.2 Å². The van der Waals surface area contributed by atoms with Crippen LogP contribution < -0.4 is 5.32 Å². The maximum Gasteiger partial charge on any atom is 0.105 e. The van der Waals surface area contributed by atoms with E-state index in [1.54, 1.807) is 0 Å². The predicted octanol–water partition coefficient (Wildman–Crippen LogP) is 1.54. The van der Waals surface area contributed by atoms with Crippen LogP contribution in [0.1, 0.15) is 33.1 Å². The normalized spacial score (nSPS) is 23.5. The predicted molar refractivity (Wildman–Crippen MR) is 80.0 cm³/mol. The van der Waals surface area contributed by atoms with Crippen LogP contribution in [0.3, 0.4) is 0 Å². The van der Waals surface area contributed by atoms with Gasteiger partial charge in [0.25, 0.3) is 0 Å². The van der Waals surface area contributed by atoms with E-state index < -0.39 is 0 Å². The van der Waals surface area contributed by atoms with Gasteiger partial charge in [0, 0.05) is 19.6 Å². The van der Waals surface area contributed by atoms with E-state index >= 15 is 0 Å². The lowest BCUT2D eigenvalue weighted by atomic mass is 9.99. The number of likely N-dealkylation sites (tertiary alicyclic amines) is 1. The van der Waals surface area contributed by atoms with E-state index in [9.17, 15) is 5.26 Å². The van der Waals surface area contributed by atoms with Crippen molar-refractivity contribution in [1.82, 2.24) is 15.1 Å². The lowest BCUT2D eigenvalue weighted by Gasteiger charge is -2.27. The first-order chi connectivity index (χ1) is 8.99. The molecule has 0 spiro atoms. The van der Waals surface area contributed by atoms with Crippen molar-refractivity contribution in [2.24, 2.45) is 5.92 Å². The van der Waals surface area contributed by atoms with Crippen molar-refractivity contribution in [2.45, 2.75) is 38.6 Å². The van der Waals surface area contributed by atoms with E-state index in [0.717, 1.165) is 38.4 Å². The molecule has 0 aliphatic carbocycles. The van der Waals surface area contributed by atoms with Gasteiger partial charge in [-0.1, -0.05) is 6.92 Å². The first-order valence-electron chi connectivity index (χ1n) is 7.52. The molecular weight excluding hydrogens is 236 g/mol. The standard InChI is InChI=1S/C15H30N4/c1-5-8-17-15(2,13-16)7-10-19(4)12-14-6-9-18(3)11-14/h14,17H,5-12H2,1-4H3. The van der Waals surface area contributed by atoms with Crippen LogP contribution in [-0.2, 0) is 0 Å². The van der Waals surface area contributed by atoms with E-state index in [4.69, 9.17) is 0 Å². The number of hydrogen-bond donors (Lipinski definition) is 1. The minimum atomic E-state index is -0.378. The molecule has 1 N–H and O–H groups in total. The molecular formula is C15H30N4. The topological polar surface area (TPSA) is 42.3 Å². The summed E-state index contributed by atoms with van der Waals surface area (Å²) in [5.74, 6) is 0.798. The third-order valence-corrected chi connectivity index (χ3v) is 4.06. The van der Waals surface area contributed by atoms with Gasteiger partial charge in [0.15, 0.2) is 0 Å². The van der Waals surface area contributed by atoms with Gasteiger partial charge >= 0.3 is 0 Å². The Morgan fingerprint density at radius 3 is 2.79 bits per heavy atom. The third-order valence-electron chi connectivity index (χ3n) is 4.06. The fourth-order valence-corrected chi connectivity index (χ4v) is 2.71. The number of nitrogens with zero attached hydrogens (tertiary/aromatic N) is 3. The van der Waals surface area contributed by atoms with Crippen molar-refractivity contribution >= 4 is 0 Å². The van der Waals surface area contributed by atoms with E-state index in [1.807, 2.05) is 6.92 Å². The average Bonchev–Trinajstić information content (AvgIpc) is 2.79. The van der Waals surface area contributed by atoms with Gasteiger partial charge in [0.05, 0.1) is 6.07 Å². The van der Waals surface area contributed by atoms with Gasteiger partial charge in [0.2, 0.25) is 0 Å². The van der Waals surface area contributed by atoms with Crippen molar-refractivity contribution in [2.75, 3.05) is 46.8 Å². The molecule has 0 aromatic rings. The Hall–Kier alpha value is -0.630. The van der Waals surface area contributed by atoms with Gasteiger partial charge in [-0.15, -0.1) is 0 Å². The summed E-state index contributed by atoms with van der Waals surface area (Å²) in [5.41, 5.74) is -0.378. The minimum Gasteiger partial charge on any atom is -0.306 e. The highest BCUT2D eigenvalue weighted by Crippen LogP contribution is 2.16. The molecule has 0 saturated carbocycles. The van der Waals surface area contributed by atoms with E-state index in [1.165, 1.54) is 19.5 Å². The molecule has 1 saturated heterocycles.